The molecule has 0 fully saturated rings. The molecule has 0 saturated heterocycles. The van der Waals surface area contributed by atoms with Gasteiger partial charge in [0.2, 0.25) is 9.84 Å². The highest BCUT2D eigenvalue weighted by molar-refractivity contribution is 7.93. The van der Waals surface area contributed by atoms with Gasteiger partial charge in [-0.3, -0.25) is 20.2 Å². The van der Waals surface area contributed by atoms with E-state index in [-0.39, 0.29) is 25.5 Å². The summed E-state index contributed by atoms with van der Waals surface area (Å²) >= 11 is 6.66. The van der Waals surface area contributed by atoms with Crippen molar-refractivity contribution in [1.82, 2.24) is 4.98 Å². The van der Waals surface area contributed by atoms with Crippen molar-refractivity contribution in [3.8, 4) is 5.75 Å². The van der Waals surface area contributed by atoms with E-state index in [0.29, 0.717) is 10.8 Å². The molecule has 0 unspecified atom stereocenters. The molecule has 0 bridgehead atoms. The number of non-ortho nitro benzene ring substituents is 1. The van der Waals surface area contributed by atoms with E-state index in [1.165, 1.54) is 19.2 Å². The molecule has 150 valence electrons. The van der Waals surface area contributed by atoms with Crippen molar-refractivity contribution in [3.63, 3.8) is 0 Å². The van der Waals surface area contributed by atoms with Crippen LogP contribution in [0.5, 0.6) is 5.75 Å². The predicted molar refractivity (Wildman–Crippen MR) is 107 cm³/mol. The molecule has 0 saturated carbocycles. The Hall–Kier alpha value is -3.02. The molecular weight excluding hydrogens is 442 g/mol. The number of carbonyl (C=O) groups excluding carboxylic acids is 1. The number of benzene rings is 2. The first-order valence-electron chi connectivity index (χ1n) is 7.82. The van der Waals surface area contributed by atoms with Gasteiger partial charge in [0.05, 0.1) is 28.7 Å². The minimum absolute atomic E-state index is 0.0533. The number of nitro groups is 1. The Balaban J connectivity index is 1.84. The van der Waals surface area contributed by atoms with Crippen molar-refractivity contribution in [1.29, 1.82) is 0 Å². The van der Waals surface area contributed by atoms with Gasteiger partial charge in [-0.1, -0.05) is 22.9 Å². The summed E-state index contributed by atoms with van der Waals surface area (Å²) in [4.78, 5) is 26.4. The van der Waals surface area contributed by atoms with E-state index >= 15 is 0 Å². The average Bonchev–Trinajstić information content (AvgIpc) is 3.17. The topological polar surface area (TPSA) is 128 Å². The standard InChI is InChI=1S/C17H12ClN3O6S2/c1-27-14-7-2-10(18)8-13(14)16(22)20-17-19-9-15(28-17)29(25,26)12-5-3-11(4-6-12)21(23)24/h2-9H,1H3,(H,19,20,22). The maximum atomic E-state index is 12.7. The molecular formula is C17H12ClN3O6S2. The summed E-state index contributed by atoms with van der Waals surface area (Å²) in [6.07, 6.45) is 1.10. The second-order valence-electron chi connectivity index (χ2n) is 5.54. The molecule has 1 N–H and O–H groups in total. The zero-order valence-electron chi connectivity index (χ0n) is 14.7. The number of thiazole rings is 1. The Bertz CT molecular complexity index is 1190. The fourth-order valence-corrected chi connectivity index (χ4v) is 4.93. The molecule has 0 spiro atoms. The van der Waals surface area contributed by atoms with Gasteiger partial charge in [-0.15, -0.1) is 0 Å². The number of aromatic nitrogens is 1. The summed E-state index contributed by atoms with van der Waals surface area (Å²) in [5, 5.41) is 13.6. The lowest BCUT2D eigenvalue weighted by Gasteiger charge is -2.08. The van der Waals surface area contributed by atoms with E-state index < -0.39 is 20.7 Å². The summed E-state index contributed by atoms with van der Waals surface area (Å²) in [5.74, 6) is -0.278. The van der Waals surface area contributed by atoms with Gasteiger partial charge in [-0.25, -0.2) is 13.4 Å². The van der Waals surface area contributed by atoms with Crippen LogP contribution in [0, 0.1) is 10.1 Å². The summed E-state index contributed by atoms with van der Waals surface area (Å²) in [6.45, 7) is 0. The fraction of sp³-hybridized carbons (Fsp3) is 0.0588. The van der Waals surface area contributed by atoms with Gasteiger partial charge in [0.25, 0.3) is 11.6 Å². The van der Waals surface area contributed by atoms with E-state index in [9.17, 15) is 23.3 Å². The van der Waals surface area contributed by atoms with Crippen LogP contribution < -0.4 is 10.1 Å². The van der Waals surface area contributed by atoms with Crippen LogP contribution in [0.25, 0.3) is 0 Å². The van der Waals surface area contributed by atoms with Crippen LogP contribution in [-0.2, 0) is 9.84 Å². The maximum absolute atomic E-state index is 12.7. The number of hydrogen-bond acceptors (Lipinski definition) is 8. The number of carbonyl (C=O) groups is 1. The van der Waals surface area contributed by atoms with Crippen LogP contribution in [0.3, 0.4) is 0 Å². The van der Waals surface area contributed by atoms with Crippen LogP contribution in [-0.4, -0.2) is 31.3 Å². The third-order valence-corrected chi connectivity index (χ3v) is 7.11. The van der Waals surface area contributed by atoms with Crippen molar-refractivity contribution in [3.05, 3.63) is 69.4 Å². The zero-order chi connectivity index (χ0) is 21.2. The van der Waals surface area contributed by atoms with Gasteiger partial charge in [0.15, 0.2) is 5.13 Å². The highest BCUT2D eigenvalue weighted by atomic mass is 35.5. The number of methoxy groups -OCH3 is 1. The quantitative estimate of drug-likeness (QED) is 0.444. The second kappa shape index (κ2) is 8.15. The van der Waals surface area contributed by atoms with Crippen LogP contribution in [0.1, 0.15) is 10.4 Å². The smallest absolute Gasteiger partial charge is 0.269 e. The molecule has 0 aliphatic rings. The molecule has 0 aliphatic heterocycles. The average molecular weight is 454 g/mol. The van der Waals surface area contributed by atoms with E-state index in [1.54, 1.807) is 6.07 Å². The Labute approximate surface area is 174 Å². The normalized spacial score (nSPS) is 11.1. The van der Waals surface area contributed by atoms with Gasteiger partial charge < -0.3 is 4.74 Å². The molecule has 2 aromatic carbocycles. The van der Waals surface area contributed by atoms with E-state index in [4.69, 9.17) is 16.3 Å². The first kappa shape index (κ1) is 20.7. The highest BCUT2D eigenvalue weighted by Gasteiger charge is 2.23. The number of rotatable bonds is 6. The molecule has 0 atom stereocenters. The minimum atomic E-state index is -3.94. The van der Waals surface area contributed by atoms with E-state index in [0.717, 1.165) is 41.8 Å². The van der Waals surface area contributed by atoms with Crippen molar-refractivity contribution >= 4 is 49.5 Å². The molecule has 3 rings (SSSR count). The summed E-state index contributed by atoms with van der Waals surface area (Å²) in [6, 6.07) is 8.99. The zero-order valence-corrected chi connectivity index (χ0v) is 17.0. The lowest BCUT2D eigenvalue weighted by Crippen LogP contribution is -2.13. The van der Waals surface area contributed by atoms with Crippen molar-refractivity contribution in [2.75, 3.05) is 12.4 Å². The number of halogens is 1. The largest absolute Gasteiger partial charge is 0.496 e. The van der Waals surface area contributed by atoms with Crippen LogP contribution in [0.15, 0.2) is 57.8 Å². The predicted octanol–water partition coefficient (Wildman–Crippen LogP) is 3.80. The monoisotopic (exact) mass is 453 g/mol. The molecule has 0 aliphatic carbocycles. The molecule has 0 radical (unpaired) electrons. The molecule has 1 amide bonds. The van der Waals surface area contributed by atoms with Gasteiger partial charge in [0.1, 0.15) is 9.96 Å². The number of anilines is 1. The van der Waals surface area contributed by atoms with Crippen LogP contribution >= 0.6 is 22.9 Å². The fourth-order valence-electron chi connectivity index (χ4n) is 2.33. The molecule has 1 heterocycles. The molecule has 29 heavy (non-hydrogen) atoms. The maximum Gasteiger partial charge on any atom is 0.269 e. The molecule has 9 nitrogen and oxygen atoms in total. The molecule has 3 aromatic rings. The second-order valence-corrected chi connectivity index (χ2v) is 9.18. The minimum Gasteiger partial charge on any atom is -0.496 e. The van der Waals surface area contributed by atoms with Crippen LogP contribution in [0.4, 0.5) is 10.8 Å². The number of ether oxygens (including phenoxy) is 1. The third-order valence-electron chi connectivity index (χ3n) is 3.73. The van der Waals surface area contributed by atoms with Crippen LogP contribution in [0.2, 0.25) is 5.02 Å². The number of hydrogen-bond donors (Lipinski definition) is 1. The Morgan fingerprint density at radius 2 is 1.93 bits per heavy atom. The summed E-state index contributed by atoms with van der Waals surface area (Å²) in [5.41, 5.74) is -0.0633. The molecule has 12 heteroatoms. The Kier molecular flexibility index (Phi) is 5.82. The van der Waals surface area contributed by atoms with Crippen molar-refractivity contribution < 1.29 is 22.9 Å². The van der Waals surface area contributed by atoms with Gasteiger partial charge in [-0.2, -0.15) is 0 Å². The molecule has 1 aromatic heterocycles. The first-order valence-corrected chi connectivity index (χ1v) is 10.5. The lowest BCUT2D eigenvalue weighted by atomic mass is 10.2. The number of nitrogens with one attached hydrogen (secondary N) is 1. The number of nitrogens with zero attached hydrogens (tertiary/aromatic N) is 2. The summed E-state index contributed by atoms with van der Waals surface area (Å²) in [7, 11) is -2.54. The van der Waals surface area contributed by atoms with Crippen molar-refractivity contribution in [2.45, 2.75) is 9.10 Å². The Morgan fingerprint density at radius 1 is 1.24 bits per heavy atom. The highest BCUT2D eigenvalue weighted by Crippen LogP contribution is 2.30. The first-order chi connectivity index (χ1) is 13.7. The lowest BCUT2D eigenvalue weighted by molar-refractivity contribution is -0.384. The van der Waals surface area contributed by atoms with Gasteiger partial charge >= 0.3 is 0 Å². The number of sulfone groups is 1. The van der Waals surface area contributed by atoms with E-state index in [1.807, 2.05) is 0 Å². The van der Waals surface area contributed by atoms with Gasteiger partial charge in [-0.05, 0) is 30.3 Å². The SMILES string of the molecule is COc1ccc(Cl)cc1C(=O)Nc1ncc(S(=O)(=O)c2ccc([N+](=O)[O-])cc2)s1. The Morgan fingerprint density at radius 3 is 2.55 bits per heavy atom. The third kappa shape index (κ3) is 4.36. The number of amides is 1. The van der Waals surface area contributed by atoms with Crippen molar-refractivity contribution in [2.24, 2.45) is 0 Å². The van der Waals surface area contributed by atoms with Gasteiger partial charge in [0, 0.05) is 17.2 Å². The van der Waals surface area contributed by atoms with E-state index in [2.05, 4.69) is 10.3 Å². The number of nitro benzene ring substituents is 1. The summed E-state index contributed by atoms with van der Waals surface area (Å²) < 4.78 is 30.4.